The van der Waals surface area contributed by atoms with E-state index >= 15 is 0 Å². The van der Waals surface area contributed by atoms with E-state index < -0.39 is 0 Å². The molecule has 0 atom stereocenters. The van der Waals surface area contributed by atoms with Crippen molar-refractivity contribution in [3.05, 3.63) is 48.7 Å². The zero-order chi connectivity index (χ0) is 11.9. The highest BCUT2D eigenvalue weighted by molar-refractivity contribution is 5.95. The minimum atomic E-state index is 0.974. The molecule has 18 heavy (non-hydrogen) atoms. The van der Waals surface area contributed by atoms with Crippen molar-refractivity contribution in [2.45, 2.75) is 0 Å². The minimum Gasteiger partial charge on any atom is -0.278 e. The Bertz CT molecular complexity index is 841. The van der Waals surface area contributed by atoms with Gasteiger partial charge in [0.05, 0.1) is 22.9 Å². The molecule has 2 aromatic carbocycles. The molecule has 0 amide bonds. The highest BCUT2D eigenvalue weighted by atomic mass is 15.1. The van der Waals surface area contributed by atoms with Gasteiger partial charge in [-0.25, -0.2) is 0 Å². The molecule has 0 saturated heterocycles. The summed E-state index contributed by atoms with van der Waals surface area (Å²) >= 11 is 0. The lowest BCUT2D eigenvalue weighted by Gasteiger charge is -1.98. The van der Waals surface area contributed by atoms with Gasteiger partial charge in [-0.1, -0.05) is 30.3 Å². The molecule has 0 radical (unpaired) electrons. The number of nitrogens with one attached hydrogen (secondary N) is 2. The van der Waals surface area contributed by atoms with Crippen LogP contribution in [0.5, 0.6) is 0 Å². The highest BCUT2D eigenvalue weighted by Gasteiger charge is 2.08. The molecule has 2 aromatic heterocycles. The van der Waals surface area contributed by atoms with Gasteiger partial charge in [0.25, 0.3) is 0 Å². The van der Waals surface area contributed by atoms with E-state index in [-0.39, 0.29) is 0 Å². The van der Waals surface area contributed by atoms with Crippen LogP contribution in [-0.2, 0) is 0 Å². The van der Waals surface area contributed by atoms with Crippen molar-refractivity contribution < 1.29 is 0 Å². The molecular formula is C14H10N4. The second-order valence-electron chi connectivity index (χ2n) is 4.29. The number of para-hydroxylation sites is 1. The second kappa shape index (κ2) is 3.43. The number of nitrogens with zero attached hydrogens (tertiary/aromatic N) is 2. The van der Waals surface area contributed by atoms with E-state index in [9.17, 15) is 0 Å². The van der Waals surface area contributed by atoms with Crippen LogP contribution in [0.15, 0.2) is 48.7 Å². The van der Waals surface area contributed by atoms with Crippen LogP contribution in [0.2, 0.25) is 0 Å². The van der Waals surface area contributed by atoms with Crippen LogP contribution < -0.4 is 0 Å². The molecule has 0 aliphatic carbocycles. The summed E-state index contributed by atoms with van der Waals surface area (Å²) in [7, 11) is 0. The number of hydrogen-bond acceptors (Lipinski definition) is 2. The lowest BCUT2D eigenvalue weighted by molar-refractivity contribution is 1.12. The molecule has 2 heterocycles. The third kappa shape index (κ3) is 1.26. The smallest absolute Gasteiger partial charge is 0.1000 e. The fourth-order valence-electron chi connectivity index (χ4n) is 2.27. The molecule has 0 spiro atoms. The molecule has 4 aromatic rings. The summed E-state index contributed by atoms with van der Waals surface area (Å²) in [5.41, 5.74) is 4.14. The highest BCUT2D eigenvalue weighted by Crippen LogP contribution is 2.27. The number of fused-ring (bicyclic) bond motifs is 2. The summed E-state index contributed by atoms with van der Waals surface area (Å²) in [6, 6.07) is 14.3. The van der Waals surface area contributed by atoms with Gasteiger partial charge in [0.1, 0.15) is 0 Å². The Labute approximate surface area is 103 Å². The molecular weight excluding hydrogens is 224 g/mol. The first-order chi connectivity index (χ1) is 8.92. The van der Waals surface area contributed by atoms with E-state index in [0.29, 0.717) is 0 Å². The molecule has 0 aliphatic rings. The maximum atomic E-state index is 4.40. The van der Waals surface area contributed by atoms with E-state index in [4.69, 9.17) is 0 Å². The van der Waals surface area contributed by atoms with Gasteiger partial charge in [-0.3, -0.25) is 10.2 Å². The Kier molecular flexibility index (Phi) is 1.80. The van der Waals surface area contributed by atoms with E-state index in [1.54, 1.807) is 0 Å². The van der Waals surface area contributed by atoms with Crippen molar-refractivity contribution in [3.8, 4) is 11.3 Å². The van der Waals surface area contributed by atoms with Crippen LogP contribution in [0.4, 0.5) is 0 Å². The van der Waals surface area contributed by atoms with Gasteiger partial charge in [-0.15, -0.1) is 0 Å². The predicted octanol–water partition coefficient (Wildman–Crippen LogP) is 3.11. The lowest BCUT2D eigenvalue weighted by atomic mass is 10.1. The number of hydrogen-bond donors (Lipinski definition) is 2. The fourth-order valence-corrected chi connectivity index (χ4v) is 2.27. The van der Waals surface area contributed by atoms with Crippen molar-refractivity contribution >= 4 is 21.8 Å². The first kappa shape index (κ1) is 9.41. The van der Waals surface area contributed by atoms with Crippen molar-refractivity contribution in [2.24, 2.45) is 0 Å². The molecule has 4 nitrogen and oxygen atoms in total. The molecule has 4 heteroatoms. The van der Waals surface area contributed by atoms with Crippen molar-refractivity contribution in [1.82, 2.24) is 20.4 Å². The van der Waals surface area contributed by atoms with Gasteiger partial charge >= 0.3 is 0 Å². The van der Waals surface area contributed by atoms with E-state index in [1.807, 2.05) is 24.4 Å². The molecule has 86 valence electrons. The zero-order valence-electron chi connectivity index (χ0n) is 9.51. The van der Waals surface area contributed by atoms with Gasteiger partial charge in [-0.2, -0.15) is 10.2 Å². The van der Waals surface area contributed by atoms with Crippen LogP contribution in [0.3, 0.4) is 0 Å². The first-order valence-electron chi connectivity index (χ1n) is 5.78. The lowest BCUT2D eigenvalue weighted by Crippen LogP contribution is -1.79. The summed E-state index contributed by atoms with van der Waals surface area (Å²) in [4.78, 5) is 0. The fraction of sp³-hybridized carbons (Fsp3) is 0. The van der Waals surface area contributed by atoms with E-state index in [1.165, 1.54) is 0 Å². The third-order valence-corrected chi connectivity index (χ3v) is 3.19. The average Bonchev–Trinajstić information content (AvgIpc) is 3.04. The SMILES string of the molecule is c1ccc2c(-c3ccc4cn[nH]c4c3)n[nH]c2c1. The average molecular weight is 234 g/mol. The van der Waals surface area contributed by atoms with Crippen molar-refractivity contribution in [3.63, 3.8) is 0 Å². The van der Waals surface area contributed by atoms with Gasteiger partial charge in [-0.05, 0) is 12.1 Å². The van der Waals surface area contributed by atoms with Crippen LogP contribution in [0.25, 0.3) is 33.1 Å². The molecule has 0 saturated carbocycles. The number of aromatic amines is 2. The van der Waals surface area contributed by atoms with Gasteiger partial charge in [0, 0.05) is 16.3 Å². The number of H-pyrrole nitrogens is 2. The van der Waals surface area contributed by atoms with Crippen LogP contribution in [0.1, 0.15) is 0 Å². The zero-order valence-corrected chi connectivity index (χ0v) is 9.51. The molecule has 0 fully saturated rings. The number of benzene rings is 2. The van der Waals surface area contributed by atoms with E-state index in [2.05, 4.69) is 44.7 Å². The largest absolute Gasteiger partial charge is 0.278 e. The Hall–Kier alpha value is -2.62. The maximum absolute atomic E-state index is 4.40. The Morgan fingerprint density at radius 2 is 1.83 bits per heavy atom. The minimum absolute atomic E-state index is 0.974. The number of aromatic nitrogens is 4. The van der Waals surface area contributed by atoms with Crippen LogP contribution in [0, 0.1) is 0 Å². The Morgan fingerprint density at radius 1 is 0.889 bits per heavy atom. The molecule has 0 bridgehead atoms. The standard InChI is InChI=1S/C14H10N4/c1-2-4-12-11(3-1)14(18-17-12)9-5-6-10-8-15-16-13(10)7-9/h1-8H,(H,15,16)(H,17,18). The first-order valence-corrected chi connectivity index (χ1v) is 5.78. The summed E-state index contributed by atoms with van der Waals surface area (Å²) in [5, 5.41) is 16.7. The summed E-state index contributed by atoms with van der Waals surface area (Å²) in [6.07, 6.45) is 1.82. The second-order valence-corrected chi connectivity index (χ2v) is 4.29. The summed E-state index contributed by atoms with van der Waals surface area (Å²) in [6.45, 7) is 0. The predicted molar refractivity (Wildman–Crippen MR) is 71.2 cm³/mol. The van der Waals surface area contributed by atoms with Crippen molar-refractivity contribution in [1.29, 1.82) is 0 Å². The summed E-state index contributed by atoms with van der Waals surface area (Å²) < 4.78 is 0. The number of rotatable bonds is 1. The quantitative estimate of drug-likeness (QED) is 0.531. The van der Waals surface area contributed by atoms with Crippen LogP contribution in [-0.4, -0.2) is 20.4 Å². The maximum Gasteiger partial charge on any atom is 0.1000 e. The Morgan fingerprint density at radius 3 is 2.83 bits per heavy atom. The van der Waals surface area contributed by atoms with Crippen molar-refractivity contribution in [2.75, 3.05) is 0 Å². The van der Waals surface area contributed by atoms with Gasteiger partial charge < -0.3 is 0 Å². The van der Waals surface area contributed by atoms with Gasteiger partial charge in [0.2, 0.25) is 0 Å². The molecule has 0 aliphatic heterocycles. The molecule has 0 unspecified atom stereocenters. The monoisotopic (exact) mass is 234 g/mol. The normalized spacial score (nSPS) is 11.3. The Balaban J connectivity index is 2.00. The summed E-state index contributed by atoms with van der Waals surface area (Å²) in [5.74, 6) is 0. The molecule has 4 rings (SSSR count). The molecule has 2 N–H and O–H groups in total. The van der Waals surface area contributed by atoms with E-state index in [0.717, 1.165) is 33.1 Å². The van der Waals surface area contributed by atoms with Crippen LogP contribution >= 0.6 is 0 Å². The van der Waals surface area contributed by atoms with Gasteiger partial charge in [0.15, 0.2) is 0 Å². The topological polar surface area (TPSA) is 57.4 Å². The third-order valence-electron chi connectivity index (χ3n) is 3.19.